The summed E-state index contributed by atoms with van der Waals surface area (Å²) in [6.45, 7) is 0. The van der Waals surface area contributed by atoms with Crippen molar-refractivity contribution < 1.29 is 44.3 Å². The number of hydrogen-bond acceptors (Lipinski definition) is 3. The molecule has 0 unspecified atom stereocenters. The molecule has 152 valence electrons. The summed E-state index contributed by atoms with van der Waals surface area (Å²) in [4.78, 5) is 17.5. The molecule has 28 heavy (non-hydrogen) atoms. The number of primary amides is 1. The van der Waals surface area contributed by atoms with Crippen LogP contribution in [0.1, 0.15) is 27.2 Å². The minimum atomic E-state index is -5.58. The van der Waals surface area contributed by atoms with Gasteiger partial charge in [0.15, 0.2) is 5.69 Å². The molecule has 0 aliphatic rings. The van der Waals surface area contributed by atoms with Crippen LogP contribution in [0.15, 0.2) is 18.3 Å². The molecule has 1 aromatic heterocycles. The molecule has 0 aliphatic carbocycles. The third kappa shape index (κ3) is 4.29. The second-order valence-electron chi connectivity index (χ2n) is 5.21. The molecule has 0 saturated heterocycles. The summed E-state index contributed by atoms with van der Waals surface area (Å²) in [6.07, 6.45) is -16.1. The van der Waals surface area contributed by atoms with Crippen LogP contribution >= 0.6 is 11.6 Å². The Bertz CT molecular complexity index is 935. The van der Waals surface area contributed by atoms with Gasteiger partial charge in [0.25, 0.3) is 0 Å². The summed E-state index contributed by atoms with van der Waals surface area (Å²) in [5.74, 6) is -1.82. The molecule has 1 aromatic carbocycles. The molecule has 0 aliphatic heterocycles. The lowest BCUT2D eigenvalue weighted by atomic mass is 9.90. The molecule has 14 heteroatoms. The number of benzene rings is 1. The van der Waals surface area contributed by atoms with Crippen molar-refractivity contribution in [2.75, 3.05) is 0 Å². The molecule has 2 aromatic rings. The van der Waals surface area contributed by atoms with Crippen LogP contribution < -0.4 is 5.73 Å². The first-order valence-corrected chi connectivity index (χ1v) is 7.13. The van der Waals surface area contributed by atoms with Gasteiger partial charge in [0.2, 0.25) is 11.2 Å². The summed E-state index contributed by atoms with van der Waals surface area (Å²) in [5, 5.41) is -0.989. The van der Waals surface area contributed by atoms with Crippen LogP contribution in [0.2, 0.25) is 5.28 Å². The molecular formula is C14H5ClF9N3O. The Morgan fingerprint density at radius 1 is 0.929 bits per heavy atom. The fraction of sp³-hybridized carbons (Fsp3) is 0.214. The Kier molecular flexibility index (Phi) is 5.27. The quantitative estimate of drug-likeness (QED) is 0.534. The van der Waals surface area contributed by atoms with Crippen molar-refractivity contribution in [1.82, 2.24) is 9.97 Å². The zero-order chi connectivity index (χ0) is 21.7. The smallest absolute Gasteiger partial charge is 0.366 e. The molecule has 0 fully saturated rings. The van der Waals surface area contributed by atoms with Crippen molar-refractivity contribution in [1.29, 1.82) is 0 Å². The predicted molar refractivity (Wildman–Crippen MR) is 76.0 cm³/mol. The van der Waals surface area contributed by atoms with E-state index >= 15 is 0 Å². The number of carbonyl (C=O) groups excluding carboxylic acids is 1. The number of hydrogen-bond donors (Lipinski definition) is 1. The van der Waals surface area contributed by atoms with Crippen molar-refractivity contribution in [3.05, 3.63) is 46.0 Å². The number of alkyl halides is 9. The molecule has 0 bridgehead atoms. The lowest BCUT2D eigenvalue weighted by Crippen LogP contribution is -2.21. The van der Waals surface area contributed by atoms with Gasteiger partial charge in [-0.3, -0.25) is 4.79 Å². The number of carbonyl (C=O) groups is 1. The molecular weight excluding hydrogens is 433 g/mol. The Hall–Kier alpha value is -2.57. The normalized spacial score (nSPS) is 12.9. The lowest BCUT2D eigenvalue weighted by Gasteiger charge is -2.20. The van der Waals surface area contributed by atoms with Crippen molar-refractivity contribution >= 4 is 17.5 Å². The Morgan fingerprint density at radius 3 is 1.93 bits per heavy atom. The van der Waals surface area contributed by atoms with Gasteiger partial charge in [-0.05, 0) is 23.7 Å². The molecule has 1 heterocycles. The summed E-state index contributed by atoms with van der Waals surface area (Å²) in [7, 11) is 0. The zero-order valence-electron chi connectivity index (χ0n) is 12.9. The first kappa shape index (κ1) is 21.7. The van der Waals surface area contributed by atoms with Crippen LogP contribution in [0.4, 0.5) is 39.5 Å². The lowest BCUT2D eigenvalue weighted by molar-refractivity contribution is -0.144. The van der Waals surface area contributed by atoms with E-state index in [2.05, 4.69) is 9.97 Å². The minimum absolute atomic E-state index is 0.0817. The highest BCUT2D eigenvalue weighted by molar-refractivity contribution is 6.28. The topological polar surface area (TPSA) is 68.9 Å². The number of halogens is 10. The third-order valence-corrected chi connectivity index (χ3v) is 3.52. The largest absolute Gasteiger partial charge is 0.434 e. The average Bonchev–Trinajstić information content (AvgIpc) is 2.51. The maximum Gasteiger partial charge on any atom is 0.434 e. The molecule has 2 rings (SSSR count). The maximum atomic E-state index is 13.4. The average molecular weight is 438 g/mol. The van der Waals surface area contributed by atoms with Crippen LogP contribution in [0.25, 0.3) is 11.1 Å². The Labute approximate surface area is 154 Å². The van der Waals surface area contributed by atoms with Crippen molar-refractivity contribution in [3.8, 4) is 11.1 Å². The first-order valence-electron chi connectivity index (χ1n) is 6.76. The van der Waals surface area contributed by atoms with Gasteiger partial charge >= 0.3 is 18.5 Å². The number of amides is 1. The van der Waals surface area contributed by atoms with E-state index < -0.39 is 69.3 Å². The highest BCUT2D eigenvalue weighted by Crippen LogP contribution is 2.45. The summed E-state index contributed by atoms with van der Waals surface area (Å²) < 4.78 is 119. The van der Waals surface area contributed by atoms with Gasteiger partial charge < -0.3 is 5.73 Å². The first-order chi connectivity index (χ1) is 12.5. The van der Waals surface area contributed by atoms with Gasteiger partial charge in [-0.2, -0.15) is 39.5 Å². The summed E-state index contributed by atoms with van der Waals surface area (Å²) >= 11 is 5.24. The third-order valence-electron chi connectivity index (χ3n) is 3.33. The Morgan fingerprint density at radius 2 is 1.50 bits per heavy atom. The molecule has 2 N–H and O–H groups in total. The fourth-order valence-corrected chi connectivity index (χ4v) is 2.41. The van der Waals surface area contributed by atoms with Crippen LogP contribution in [-0.2, 0) is 18.5 Å². The van der Waals surface area contributed by atoms with Crippen LogP contribution in [0.5, 0.6) is 0 Å². The van der Waals surface area contributed by atoms with E-state index in [0.29, 0.717) is 0 Å². The monoisotopic (exact) mass is 437 g/mol. The minimum Gasteiger partial charge on any atom is -0.366 e. The van der Waals surface area contributed by atoms with Crippen molar-refractivity contribution in [2.24, 2.45) is 5.73 Å². The van der Waals surface area contributed by atoms with E-state index in [1.165, 1.54) is 0 Å². The molecule has 0 spiro atoms. The second-order valence-corrected chi connectivity index (χ2v) is 5.54. The standard InChI is InChI=1S/C14H5ClF9N3O/c15-11-26-3-6(9(27-11)14(22,23)24)8-5(10(25)28)1-4(12(16,17)18)2-7(8)13(19,20)21/h1-3H,(H2,25,28). The zero-order valence-corrected chi connectivity index (χ0v) is 13.6. The molecule has 0 radical (unpaired) electrons. The number of rotatable bonds is 2. The van der Waals surface area contributed by atoms with E-state index in [-0.39, 0.29) is 12.3 Å². The predicted octanol–water partition coefficient (Wildman–Crippen LogP) is 4.95. The van der Waals surface area contributed by atoms with E-state index in [9.17, 15) is 44.3 Å². The van der Waals surface area contributed by atoms with E-state index in [1.807, 2.05) is 0 Å². The maximum absolute atomic E-state index is 13.4. The fourth-order valence-electron chi connectivity index (χ4n) is 2.27. The van der Waals surface area contributed by atoms with Crippen LogP contribution in [0.3, 0.4) is 0 Å². The van der Waals surface area contributed by atoms with E-state index in [1.54, 1.807) is 0 Å². The van der Waals surface area contributed by atoms with E-state index in [0.717, 1.165) is 0 Å². The highest BCUT2D eigenvalue weighted by Gasteiger charge is 2.44. The highest BCUT2D eigenvalue weighted by atomic mass is 35.5. The molecule has 4 nitrogen and oxygen atoms in total. The summed E-state index contributed by atoms with van der Waals surface area (Å²) in [5.41, 5.74) is -5.65. The van der Waals surface area contributed by atoms with Gasteiger partial charge in [0, 0.05) is 22.9 Å². The van der Waals surface area contributed by atoms with Gasteiger partial charge in [-0.1, -0.05) is 0 Å². The van der Waals surface area contributed by atoms with Gasteiger partial charge in [0.05, 0.1) is 11.1 Å². The van der Waals surface area contributed by atoms with Crippen LogP contribution in [-0.4, -0.2) is 15.9 Å². The van der Waals surface area contributed by atoms with Crippen molar-refractivity contribution in [2.45, 2.75) is 18.5 Å². The summed E-state index contributed by atoms with van der Waals surface area (Å²) in [6, 6.07) is -0.516. The number of aromatic nitrogens is 2. The molecule has 0 saturated carbocycles. The van der Waals surface area contributed by atoms with E-state index in [4.69, 9.17) is 17.3 Å². The Balaban J connectivity index is 3.06. The molecule has 1 amide bonds. The van der Waals surface area contributed by atoms with Gasteiger partial charge in [0.1, 0.15) is 0 Å². The number of nitrogens with two attached hydrogens (primary N) is 1. The van der Waals surface area contributed by atoms with Gasteiger partial charge in [-0.15, -0.1) is 0 Å². The second kappa shape index (κ2) is 6.79. The SMILES string of the molecule is NC(=O)c1cc(C(F)(F)F)cc(C(F)(F)F)c1-c1cnc(Cl)nc1C(F)(F)F. The number of nitrogens with zero attached hydrogens (tertiary/aromatic N) is 2. The van der Waals surface area contributed by atoms with Crippen molar-refractivity contribution in [3.63, 3.8) is 0 Å². The van der Waals surface area contributed by atoms with Gasteiger partial charge in [-0.25, -0.2) is 9.97 Å². The van der Waals surface area contributed by atoms with Crippen LogP contribution in [0, 0.1) is 0 Å². The molecule has 0 atom stereocenters.